The van der Waals surface area contributed by atoms with E-state index < -0.39 is 0 Å². The molecule has 0 amide bonds. The molecule has 114 valence electrons. The van der Waals surface area contributed by atoms with E-state index in [0.29, 0.717) is 11.5 Å². The lowest BCUT2D eigenvalue weighted by Crippen LogP contribution is -2.54. The van der Waals surface area contributed by atoms with Crippen LogP contribution in [0.4, 0.5) is 0 Å². The zero-order valence-electron chi connectivity index (χ0n) is 14.1. The van der Waals surface area contributed by atoms with Gasteiger partial charge >= 0.3 is 0 Å². The Morgan fingerprint density at radius 3 is 2.32 bits per heavy atom. The molecule has 1 rings (SSSR count). The van der Waals surface area contributed by atoms with Crippen molar-refractivity contribution < 1.29 is 0 Å². The SMILES string of the molecule is CCC(CC)CN(CC)C1CC(C)(C)CCC1NC. The minimum atomic E-state index is 0.513. The van der Waals surface area contributed by atoms with Crippen molar-refractivity contribution in [1.82, 2.24) is 10.2 Å². The summed E-state index contributed by atoms with van der Waals surface area (Å²) in [5.41, 5.74) is 0.513. The van der Waals surface area contributed by atoms with E-state index >= 15 is 0 Å². The minimum Gasteiger partial charge on any atom is -0.315 e. The Balaban J connectivity index is 2.74. The molecule has 1 aliphatic rings. The van der Waals surface area contributed by atoms with E-state index in [9.17, 15) is 0 Å². The number of hydrogen-bond donors (Lipinski definition) is 1. The molecular weight excluding hydrogens is 232 g/mol. The quantitative estimate of drug-likeness (QED) is 0.753. The zero-order valence-corrected chi connectivity index (χ0v) is 14.1. The summed E-state index contributed by atoms with van der Waals surface area (Å²) in [7, 11) is 2.14. The second-order valence-corrected chi connectivity index (χ2v) is 7.14. The van der Waals surface area contributed by atoms with Crippen LogP contribution in [0, 0.1) is 11.3 Å². The van der Waals surface area contributed by atoms with Gasteiger partial charge in [0.1, 0.15) is 0 Å². The van der Waals surface area contributed by atoms with Gasteiger partial charge in [0.25, 0.3) is 0 Å². The fourth-order valence-electron chi connectivity index (χ4n) is 3.65. The normalized spacial score (nSPS) is 27.2. The molecule has 1 fully saturated rings. The molecule has 0 heterocycles. The third-order valence-electron chi connectivity index (χ3n) is 5.25. The first-order valence-corrected chi connectivity index (χ1v) is 8.38. The monoisotopic (exact) mass is 268 g/mol. The number of nitrogens with one attached hydrogen (secondary N) is 1. The highest BCUT2D eigenvalue weighted by Crippen LogP contribution is 2.37. The van der Waals surface area contributed by atoms with Crippen LogP contribution < -0.4 is 5.32 Å². The van der Waals surface area contributed by atoms with Crippen molar-refractivity contribution in [3.63, 3.8) is 0 Å². The Morgan fingerprint density at radius 2 is 1.84 bits per heavy atom. The van der Waals surface area contributed by atoms with E-state index in [-0.39, 0.29) is 0 Å². The standard InChI is InChI=1S/C17H36N2/c1-7-14(8-2)13-19(9-3)16-12-17(4,5)11-10-15(16)18-6/h14-16,18H,7-13H2,1-6H3. The van der Waals surface area contributed by atoms with Crippen molar-refractivity contribution in [3.05, 3.63) is 0 Å². The summed E-state index contributed by atoms with van der Waals surface area (Å²) in [6.07, 6.45) is 6.65. The molecule has 0 aromatic carbocycles. The topological polar surface area (TPSA) is 15.3 Å². The summed E-state index contributed by atoms with van der Waals surface area (Å²) < 4.78 is 0. The van der Waals surface area contributed by atoms with E-state index in [4.69, 9.17) is 0 Å². The fourth-order valence-corrected chi connectivity index (χ4v) is 3.65. The van der Waals surface area contributed by atoms with Crippen LogP contribution in [0.5, 0.6) is 0 Å². The Hall–Kier alpha value is -0.0800. The lowest BCUT2D eigenvalue weighted by Gasteiger charge is -2.46. The maximum atomic E-state index is 3.57. The maximum absolute atomic E-state index is 3.57. The summed E-state index contributed by atoms with van der Waals surface area (Å²) in [6, 6.07) is 1.40. The third kappa shape index (κ3) is 4.75. The van der Waals surface area contributed by atoms with Crippen LogP contribution >= 0.6 is 0 Å². The molecular formula is C17H36N2. The summed E-state index contributed by atoms with van der Waals surface area (Å²) in [5.74, 6) is 0.863. The Bertz CT molecular complexity index is 246. The van der Waals surface area contributed by atoms with E-state index in [2.05, 4.69) is 51.9 Å². The Kier molecular flexibility index (Phi) is 6.82. The molecule has 19 heavy (non-hydrogen) atoms. The highest BCUT2D eigenvalue weighted by molar-refractivity contribution is 4.94. The summed E-state index contributed by atoms with van der Waals surface area (Å²) >= 11 is 0. The molecule has 0 aromatic heterocycles. The third-order valence-corrected chi connectivity index (χ3v) is 5.25. The number of hydrogen-bond acceptors (Lipinski definition) is 2. The molecule has 0 saturated heterocycles. The van der Waals surface area contributed by atoms with Crippen molar-refractivity contribution in [2.45, 2.75) is 78.8 Å². The van der Waals surface area contributed by atoms with E-state index in [0.717, 1.165) is 12.0 Å². The van der Waals surface area contributed by atoms with Gasteiger partial charge in [0.15, 0.2) is 0 Å². The average molecular weight is 268 g/mol. The molecule has 0 aromatic rings. The first-order chi connectivity index (χ1) is 8.97. The molecule has 1 N–H and O–H groups in total. The average Bonchev–Trinajstić information content (AvgIpc) is 2.39. The largest absolute Gasteiger partial charge is 0.315 e. The van der Waals surface area contributed by atoms with Crippen LogP contribution in [-0.4, -0.2) is 37.1 Å². The molecule has 2 heteroatoms. The molecule has 1 saturated carbocycles. The van der Waals surface area contributed by atoms with E-state index in [1.807, 2.05) is 0 Å². The van der Waals surface area contributed by atoms with Gasteiger partial charge in [0.2, 0.25) is 0 Å². The van der Waals surface area contributed by atoms with Crippen LogP contribution in [0.1, 0.15) is 66.7 Å². The van der Waals surface area contributed by atoms with Gasteiger partial charge in [-0.15, -0.1) is 0 Å². The predicted octanol–water partition coefficient (Wildman–Crippen LogP) is 3.91. The molecule has 0 spiro atoms. The van der Waals surface area contributed by atoms with Crippen molar-refractivity contribution >= 4 is 0 Å². The lowest BCUT2D eigenvalue weighted by atomic mass is 9.72. The van der Waals surface area contributed by atoms with Crippen molar-refractivity contribution in [3.8, 4) is 0 Å². The number of rotatable bonds is 7. The Labute approximate surface area is 121 Å². The fraction of sp³-hybridized carbons (Fsp3) is 1.00. The van der Waals surface area contributed by atoms with Crippen LogP contribution in [0.15, 0.2) is 0 Å². The van der Waals surface area contributed by atoms with Gasteiger partial charge in [-0.3, -0.25) is 4.90 Å². The second-order valence-electron chi connectivity index (χ2n) is 7.14. The number of nitrogens with zero attached hydrogens (tertiary/aromatic N) is 1. The van der Waals surface area contributed by atoms with Crippen molar-refractivity contribution in [2.24, 2.45) is 11.3 Å². The first-order valence-electron chi connectivity index (χ1n) is 8.38. The van der Waals surface area contributed by atoms with Gasteiger partial charge in [0.05, 0.1) is 0 Å². The summed E-state index contributed by atoms with van der Waals surface area (Å²) in [6.45, 7) is 14.4. The highest BCUT2D eigenvalue weighted by Gasteiger charge is 2.37. The smallest absolute Gasteiger partial charge is 0.0254 e. The lowest BCUT2D eigenvalue weighted by molar-refractivity contribution is 0.0590. The molecule has 2 atom stereocenters. The minimum absolute atomic E-state index is 0.513. The van der Waals surface area contributed by atoms with Gasteiger partial charge in [-0.2, -0.15) is 0 Å². The van der Waals surface area contributed by atoms with Crippen molar-refractivity contribution in [2.75, 3.05) is 20.1 Å². The van der Waals surface area contributed by atoms with Gasteiger partial charge in [-0.1, -0.05) is 47.5 Å². The van der Waals surface area contributed by atoms with Gasteiger partial charge in [-0.05, 0) is 44.2 Å². The van der Waals surface area contributed by atoms with Crippen LogP contribution in [-0.2, 0) is 0 Å². The molecule has 0 bridgehead atoms. The highest BCUT2D eigenvalue weighted by atomic mass is 15.2. The molecule has 0 aliphatic heterocycles. The van der Waals surface area contributed by atoms with Gasteiger partial charge < -0.3 is 5.32 Å². The summed E-state index contributed by atoms with van der Waals surface area (Å²) in [4.78, 5) is 2.75. The first kappa shape index (κ1) is 17.0. The molecule has 2 nitrogen and oxygen atoms in total. The molecule has 0 radical (unpaired) electrons. The predicted molar refractivity (Wildman–Crippen MR) is 85.6 cm³/mol. The summed E-state index contributed by atoms with van der Waals surface area (Å²) in [5, 5.41) is 3.57. The Morgan fingerprint density at radius 1 is 1.21 bits per heavy atom. The number of likely N-dealkylation sites (N-methyl/N-ethyl adjacent to an activating group) is 2. The van der Waals surface area contributed by atoms with E-state index in [1.54, 1.807) is 0 Å². The van der Waals surface area contributed by atoms with Crippen LogP contribution in [0.3, 0.4) is 0 Å². The molecule has 2 unspecified atom stereocenters. The van der Waals surface area contributed by atoms with E-state index in [1.165, 1.54) is 45.2 Å². The maximum Gasteiger partial charge on any atom is 0.0254 e. The van der Waals surface area contributed by atoms with Gasteiger partial charge in [0, 0.05) is 18.6 Å². The zero-order chi connectivity index (χ0) is 14.5. The van der Waals surface area contributed by atoms with Crippen LogP contribution in [0.25, 0.3) is 0 Å². The second kappa shape index (κ2) is 7.64. The van der Waals surface area contributed by atoms with Crippen LogP contribution in [0.2, 0.25) is 0 Å². The molecule has 1 aliphatic carbocycles. The van der Waals surface area contributed by atoms with Gasteiger partial charge in [-0.25, -0.2) is 0 Å². The van der Waals surface area contributed by atoms with Crippen molar-refractivity contribution in [1.29, 1.82) is 0 Å².